The second kappa shape index (κ2) is 5.98. The standard InChI is InChI=1S/C13H27NO5SSi/c1-10(12(15)16)14-7-8-20(17,18)9-11(14)19-21(5,6)13(2,3)4/h10-11H,7-9H2,1-6H3,(H,15,16)/t10?,11-/m1/s1. The summed E-state index contributed by atoms with van der Waals surface area (Å²) in [4.78, 5) is 12.9. The van der Waals surface area contributed by atoms with Gasteiger partial charge in [-0.2, -0.15) is 0 Å². The van der Waals surface area contributed by atoms with Crippen LogP contribution in [0.5, 0.6) is 0 Å². The number of nitrogens with zero attached hydrogens (tertiary/aromatic N) is 1. The van der Waals surface area contributed by atoms with Gasteiger partial charge in [-0.1, -0.05) is 20.8 Å². The maximum absolute atomic E-state index is 11.9. The molecule has 1 unspecified atom stereocenters. The number of carboxylic acids is 1. The first-order valence-electron chi connectivity index (χ1n) is 7.14. The molecule has 1 rings (SSSR count). The number of hydrogen-bond acceptors (Lipinski definition) is 5. The smallest absolute Gasteiger partial charge is 0.320 e. The Morgan fingerprint density at radius 3 is 2.33 bits per heavy atom. The first kappa shape index (κ1) is 18.6. The summed E-state index contributed by atoms with van der Waals surface area (Å²) >= 11 is 0. The molecule has 1 aliphatic heterocycles. The van der Waals surface area contributed by atoms with E-state index >= 15 is 0 Å². The van der Waals surface area contributed by atoms with Crippen LogP contribution in [0.1, 0.15) is 27.7 Å². The van der Waals surface area contributed by atoms with Crippen LogP contribution in [0.15, 0.2) is 0 Å². The van der Waals surface area contributed by atoms with Gasteiger partial charge in [0.2, 0.25) is 0 Å². The molecule has 0 bridgehead atoms. The molecule has 8 heteroatoms. The van der Waals surface area contributed by atoms with Crippen LogP contribution < -0.4 is 0 Å². The van der Waals surface area contributed by atoms with Crippen molar-refractivity contribution < 1.29 is 22.7 Å². The first-order valence-corrected chi connectivity index (χ1v) is 11.9. The molecule has 124 valence electrons. The third-order valence-corrected chi connectivity index (χ3v) is 10.6. The zero-order chi connectivity index (χ0) is 16.6. The summed E-state index contributed by atoms with van der Waals surface area (Å²) in [6.07, 6.45) is -0.671. The van der Waals surface area contributed by atoms with Gasteiger partial charge in [-0.15, -0.1) is 0 Å². The molecule has 0 saturated carbocycles. The quantitative estimate of drug-likeness (QED) is 0.783. The fourth-order valence-corrected chi connectivity index (χ4v) is 4.71. The molecule has 21 heavy (non-hydrogen) atoms. The molecule has 6 nitrogen and oxygen atoms in total. The molecular weight excluding hydrogens is 310 g/mol. The Kier molecular flexibility index (Phi) is 5.30. The number of hydrogen-bond donors (Lipinski definition) is 1. The average molecular weight is 338 g/mol. The van der Waals surface area contributed by atoms with E-state index in [4.69, 9.17) is 4.43 Å². The van der Waals surface area contributed by atoms with Gasteiger partial charge in [0.15, 0.2) is 18.2 Å². The number of carboxylic acid groups (broad SMARTS) is 1. The lowest BCUT2D eigenvalue weighted by Gasteiger charge is -2.45. The lowest BCUT2D eigenvalue weighted by molar-refractivity contribution is -0.146. The minimum Gasteiger partial charge on any atom is -0.480 e. The number of aliphatic carboxylic acids is 1. The van der Waals surface area contributed by atoms with E-state index in [1.54, 1.807) is 11.8 Å². The van der Waals surface area contributed by atoms with Crippen LogP contribution in [-0.4, -0.2) is 63.0 Å². The minimum atomic E-state index is -3.18. The lowest BCUT2D eigenvalue weighted by atomic mass is 10.2. The normalized spacial score (nSPS) is 25.5. The Morgan fingerprint density at radius 1 is 1.38 bits per heavy atom. The summed E-state index contributed by atoms with van der Waals surface area (Å²) in [7, 11) is -5.36. The van der Waals surface area contributed by atoms with Crippen molar-refractivity contribution in [1.29, 1.82) is 0 Å². The van der Waals surface area contributed by atoms with Crippen LogP contribution in [-0.2, 0) is 19.1 Å². The fourth-order valence-electron chi connectivity index (χ4n) is 1.99. The van der Waals surface area contributed by atoms with E-state index in [0.29, 0.717) is 0 Å². The largest absolute Gasteiger partial charge is 0.480 e. The molecule has 1 aliphatic rings. The van der Waals surface area contributed by atoms with Gasteiger partial charge in [-0.05, 0) is 25.1 Å². The molecular formula is C13H27NO5SSi. The van der Waals surface area contributed by atoms with Crippen molar-refractivity contribution in [2.45, 2.75) is 58.1 Å². The highest BCUT2D eigenvalue weighted by atomic mass is 32.2. The Balaban J connectivity index is 3.03. The van der Waals surface area contributed by atoms with E-state index in [1.807, 2.05) is 13.1 Å². The summed E-state index contributed by atoms with van der Waals surface area (Å²) in [6, 6.07) is -0.754. The zero-order valence-electron chi connectivity index (χ0n) is 13.7. The van der Waals surface area contributed by atoms with E-state index in [2.05, 4.69) is 20.8 Å². The molecule has 1 heterocycles. The van der Waals surface area contributed by atoms with Gasteiger partial charge in [0.1, 0.15) is 12.3 Å². The molecule has 0 aromatic rings. The maximum Gasteiger partial charge on any atom is 0.320 e. The highest BCUT2D eigenvalue weighted by Gasteiger charge is 2.44. The zero-order valence-corrected chi connectivity index (χ0v) is 15.5. The Morgan fingerprint density at radius 2 is 1.90 bits per heavy atom. The van der Waals surface area contributed by atoms with Crippen molar-refractivity contribution in [1.82, 2.24) is 4.90 Å². The summed E-state index contributed by atoms with van der Waals surface area (Å²) < 4.78 is 30.0. The van der Waals surface area contributed by atoms with Crippen LogP contribution in [0.2, 0.25) is 18.1 Å². The number of rotatable bonds is 4. The highest BCUT2D eigenvalue weighted by molar-refractivity contribution is 7.91. The highest BCUT2D eigenvalue weighted by Crippen LogP contribution is 2.38. The second-order valence-electron chi connectivity index (χ2n) is 7.20. The molecule has 2 atom stereocenters. The van der Waals surface area contributed by atoms with Crippen LogP contribution in [0.3, 0.4) is 0 Å². The van der Waals surface area contributed by atoms with Crippen molar-refractivity contribution in [2.75, 3.05) is 18.1 Å². The SMILES string of the molecule is CC(C(=O)O)N1CCS(=O)(=O)C[C@H]1O[Si](C)(C)C(C)(C)C. The Bertz CT molecular complexity index is 497. The van der Waals surface area contributed by atoms with E-state index < -0.39 is 36.4 Å². The number of sulfone groups is 1. The van der Waals surface area contributed by atoms with Crippen LogP contribution in [0, 0.1) is 0 Å². The average Bonchev–Trinajstić information content (AvgIpc) is 2.24. The third kappa shape index (κ3) is 4.51. The third-order valence-electron chi connectivity index (χ3n) is 4.52. The molecule has 0 radical (unpaired) electrons. The van der Waals surface area contributed by atoms with Crippen molar-refractivity contribution in [3.05, 3.63) is 0 Å². The fraction of sp³-hybridized carbons (Fsp3) is 0.923. The van der Waals surface area contributed by atoms with E-state index in [1.165, 1.54) is 0 Å². The van der Waals surface area contributed by atoms with E-state index in [-0.39, 0.29) is 23.1 Å². The van der Waals surface area contributed by atoms with Crippen molar-refractivity contribution in [3.63, 3.8) is 0 Å². The lowest BCUT2D eigenvalue weighted by Crippen LogP contribution is -2.59. The van der Waals surface area contributed by atoms with Gasteiger partial charge in [-0.3, -0.25) is 9.69 Å². The van der Waals surface area contributed by atoms with Gasteiger partial charge in [-0.25, -0.2) is 8.42 Å². The van der Waals surface area contributed by atoms with Gasteiger partial charge >= 0.3 is 5.97 Å². The predicted molar refractivity (Wildman–Crippen MR) is 84.5 cm³/mol. The monoisotopic (exact) mass is 337 g/mol. The predicted octanol–water partition coefficient (Wildman–Crippen LogP) is 1.54. The van der Waals surface area contributed by atoms with E-state index in [9.17, 15) is 18.3 Å². The van der Waals surface area contributed by atoms with Crippen LogP contribution in [0.25, 0.3) is 0 Å². The van der Waals surface area contributed by atoms with Gasteiger partial charge in [0.25, 0.3) is 0 Å². The van der Waals surface area contributed by atoms with Crippen LogP contribution >= 0.6 is 0 Å². The summed E-state index contributed by atoms with van der Waals surface area (Å²) in [5.74, 6) is -1.10. The second-order valence-corrected chi connectivity index (χ2v) is 14.2. The molecule has 0 amide bonds. The van der Waals surface area contributed by atoms with E-state index in [0.717, 1.165) is 0 Å². The Hall–Kier alpha value is -0.443. The molecule has 1 N–H and O–H groups in total. The summed E-state index contributed by atoms with van der Waals surface area (Å²) in [5.41, 5.74) is 0. The van der Waals surface area contributed by atoms with Crippen molar-refractivity contribution in [2.24, 2.45) is 0 Å². The Labute approximate surface area is 128 Å². The van der Waals surface area contributed by atoms with Crippen molar-refractivity contribution in [3.8, 4) is 0 Å². The molecule has 1 saturated heterocycles. The molecule has 0 spiro atoms. The molecule has 0 aliphatic carbocycles. The summed E-state index contributed by atoms with van der Waals surface area (Å²) in [5, 5.41) is 9.14. The van der Waals surface area contributed by atoms with Crippen LogP contribution in [0.4, 0.5) is 0 Å². The molecule has 1 fully saturated rings. The van der Waals surface area contributed by atoms with Gasteiger partial charge in [0.05, 0.1) is 11.5 Å². The number of carbonyl (C=O) groups is 1. The van der Waals surface area contributed by atoms with Gasteiger partial charge in [0, 0.05) is 6.54 Å². The maximum atomic E-state index is 11.9. The minimum absolute atomic E-state index is 0.0119. The molecule has 0 aromatic heterocycles. The summed E-state index contributed by atoms with van der Waals surface area (Å²) in [6.45, 7) is 12.1. The topological polar surface area (TPSA) is 83.9 Å². The van der Waals surface area contributed by atoms with Crippen molar-refractivity contribution >= 4 is 24.1 Å². The van der Waals surface area contributed by atoms with Gasteiger partial charge < -0.3 is 9.53 Å². The molecule has 0 aromatic carbocycles. The first-order chi connectivity index (χ1) is 9.27.